The van der Waals surface area contributed by atoms with Gasteiger partial charge in [0.2, 0.25) is 0 Å². The fourth-order valence-electron chi connectivity index (χ4n) is 3.41. The number of hydrogen-bond acceptors (Lipinski definition) is 1. The topological polar surface area (TPSA) is 20.2 Å². The Kier molecular flexibility index (Phi) is 3.94. The average Bonchev–Trinajstić information content (AvgIpc) is 2.13. The minimum Gasteiger partial charge on any atom is -0.390 e. The lowest BCUT2D eigenvalue weighted by Crippen LogP contribution is -2.39. The zero-order valence-corrected chi connectivity index (χ0v) is 12.2. The molecule has 2 unspecified atom stereocenters. The van der Waals surface area contributed by atoms with Crippen molar-refractivity contribution < 1.29 is 5.11 Å². The van der Waals surface area contributed by atoms with Crippen LogP contribution in [0.3, 0.4) is 0 Å². The van der Waals surface area contributed by atoms with Gasteiger partial charge < -0.3 is 5.11 Å². The fourth-order valence-corrected chi connectivity index (χ4v) is 3.85. The lowest BCUT2D eigenvalue weighted by atomic mass is 9.71. The third-order valence-corrected chi connectivity index (χ3v) is 4.18. The van der Waals surface area contributed by atoms with Gasteiger partial charge in [-0.2, -0.15) is 0 Å². The number of aliphatic hydroxyl groups is 1. The minimum atomic E-state index is -0.502. The molecule has 0 aliphatic heterocycles. The van der Waals surface area contributed by atoms with Crippen molar-refractivity contribution >= 4 is 15.9 Å². The highest BCUT2D eigenvalue weighted by Gasteiger charge is 2.35. The Balaban J connectivity index is 2.11. The highest BCUT2D eigenvalue weighted by atomic mass is 79.9. The predicted octanol–water partition coefficient (Wildman–Crippen LogP) is 4.18. The summed E-state index contributed by atoms with van der Waals surface area (Å²) in [5, 5.41) is 10.7. The van der Waals surface area contributed by atoms with Crippen molar-refractivity contribution in [1.29, 1.82) is 0 Å². The molecule has 1 N–H and O–H groups in total. The summed E-state index contributed by atoms with van der Waals surface area (Å²) in [5.74, 6) is 1.27. The first-order chi connectivity index (χ1) is 7.97. The molecule has 0 spiro atoms. The van der Waals surface area contributed by atoms with E-state index in [0.717, 1.165) is 23.7 Å². The molecule has 1 nitrogen and oxygen atoms in total. The standard InChI is InChI=1S/C15H21BrO/c1-11-6-12(2)9-15(17,8-11)10-13-4-3-5-14(16)7-13/h3-5,7,11-12,17H,6,8-10H2,1-2H3. The Morgan fingerprint density at radius 2 is 1.94 bits per heavy atom. The summed E-state index contributed by atoms with van der Waals surface area (Å²) in [6.45, 7) is 4.50. The van der Waals surface area contributed by atoms with Gasteiger partial charge in [0.05, 0.1) is 5.60 Å². The molecule has 0 saturated heterocycles. The van der Waals surface area contributed by atoms with E-state index >= 15 is 0 Å². The number of hydrogen-bond donors (Lipinski definition) is 1. The normalized spacial score (nSPS) is 33.6. The minimum absolute atomic E-state index is 0.502. The zero-order valence-electron chi connectivity index (χ0n) is 10.6. The molecule has 2 rings (SSSR count). The van der Waals surface area contributed by atoms with Crippen LogP contribution < -0.4 is 0 Å². The molecular formula is C15H21BrO. The van der Waals surface area contributed by atoms with Gasteiger partial charge in [0.1, 0.15) is 0 Å². The van der Waals surface area contributed by atoms with Gasteiger partial charge >= 0.3 is 0 Å². The number of halogens is 1. The number of benzene rings is 1. The molecule has 17 heavy (non-hydrogen) atoms. The Labute approximate surface area is 112 Å². The van der Waals surface area contributed by atoms with E-state index in [1.807, 2.05) is 12.1 Å². The second-order valence-electron chi connectivity index (χ2n) is 5.89. The fraction of sp³-hybridized carbons (Fsp3) is 0.600. The Morgan fingerprint density at radius 3 is 2.53 bits per heavy atom. The predicted molar refractivity (Wildman–Crippen MR) is 75.0 cm³/mol. The zero-order chi connectivity index (χ0) is 12.5. The average molecular weight is 297 g/mol. The quantitative estimate of drug-likeness (QED) is 0.868. The molecule has 1 aromatic carbocycles. The van der Waals surface area contributed by atoms with Gasteiger partial charge in [-0.25, -0.2) is 0 Å². The molecular weight excluding hydrogens is 276 g/mol. The maximum absolute atomic E-state index is 10.7. The molecule has 1 fully saturated rings. The summed E-state index contributed by atoms with van der Waals surface area (Å²) in [4.78, 5) is 0. The van der Waals surface area contributed by atoms with Gasteiger partial charge in [0.25, 0.3) is 0 Å². The summed E-state index contributed by atoms with van der Waals surface area (Å²) in [5.41, 5.74) is 0.723. The Hall–Kier alpha value is -0.340. The van der Waals surface area contributed by atoms with Crippen molar-refractivity contribution in [3.8, 4) is 0 Å². The first kappa shape index (κ1) is 13.1. The largest absolute Gasteiger partial charge is 0.390 e. The van der Waals surface area contributed by atoms with E-state index in [0.29, 0.717) is 11.8 Å². The smallest absolute Gasteiger partial charge is 0.0693 e. The van der Waals surface area contributed by atoms with Crippen molar-refractivity contribution in [2.24, 2.45) is 11.8 Å². The van der Waals surface area contributed by atoms with Crippen LogP contribution in [-0.2, 0) is 6.42 Å². The molecule has 0 bridgehead atoms. The maximum atomic E-state index is 10.7. The molecule has 1 aliphatic carbocycles. The molecule has 1 aromatic rings. The summed E-state index contributed by atoms with van der Waals surface area (Å²) >= 11 is 3.49. The van der Waals surface area contributed by atoms with Crippen LogP contribution >= 0.6 is 15.9 Å². The lowest BCUT2D eigenvalue weighted by molar-refractivity contribution is -0.0304. The molecule has 94 valence electrons. The van der Waals surface area contributed by atoms with Crippen molar-refractivity contribution in [1.82, 2.24) is 0 Å². The van der Waals surface area contributed by atoms with E-state index in [1.165, 1.54) is 12.0 Å². The van der Waals surface area contributed by atoms with Gasteiger partial charge in [-0.15, -0.1) is 0 Å². The van der Waals surface area contributed by atoms with Crippen LogP contribution in [0.25, 0.3) is 0 Å². The van der Waals surface area contributed by atoms with Crippen molar-refractivity contribution in [3.63, 3.8) is 0 Å². The SMILES string of the molecule is CC1CC(C)CC(O)(Cc2cccc(Br)c2)C1. The van der Waals surface area contributed by atoms with Crippen LogP contribution in [0.2, 0.25) is 0 Å². The van der Waals surface area contributed by atoms with E-state index in [-0.39, 0.29) is 0 Å². The highest BCUT2D eigenvalue weighted by Crippen LogP contribution is 2.38. The second kappa shape index (κ2) is 5.11. The van der Waals surface area contributed by atoms with Crippen LogP contribution in [0.5, 0.6) is 0 Å². The van der Waals surface area contributed by atoms with Crippen LogP contribution in [0.1, 0.15) is 38.7 Å². The Bertz CT molecular complexity index is 378. The first-order valence-corrected chi connectivity index (χ1v) is 7.23. The first-order valence-electron chi connectivity index (χ1n) is 6.44. The molecule has 2 heteroatoms. The summed E-state index contributed by atoms with van der Waals surface area (Å²) in [6.07, 6.45) is 3.90. The second-order valence-corrected chi connectivity index (χ2v) is 6.80. The molecule has 2 atom stereocenters. The van der Waals surface area contributed by atoms with Crippen molar-refractivity contribution in [3.05, 3.63) is 34.3 Å². The molecule has 0 heterocycles. The third kappa shape index (κ3) is 3.56. The number of rotatable bonds is 2. The molecule has 1 saturated carbocycles. The van der Waals surface area contributed by atoms with E-state index in [4.69, 9.17) is 0 Å². The Morgan fingerprint density at radius 1 is 1.29 bits per heavy atom. The monoisotopic (exact) mass is 296 g/mol. The van der Waals surface area contributed by atoms with Gasteiger partial charge in [-0.05, 0) is 48.8 Å². The van der Waals surface area contributed by atoms with E-state index in [1.54, 1.807) is 0 Å². The molecule has 1 aliphatic rings. The van der Waals surface area contributed by atoms with E-state index in [9.17, 15) is 5.11 Å². The third-order valence-electron chi connectivity index (χ3n) is 3.68. The van der Waals surface area contributed by atoms with E-state index < -0.39 is 5.60 Å². The molecule has 0 amide bonds. The summed E-state index contributed by atoms with van der Waals surface area (Å²) in [7, 11) is 0. The van der Waals surface area contributed by atoms with Crippen LogP contribution in [0, 0.1) is 11.8 Å². The van der Waals surface area contributed by atoms with E-state index in [2.05, 4.69) is 41.9 Å². The van der Waals surface area contributed by atoms with Crippen molar-refractivity contribution in [2.45, 2.75) is 45.1 Å². The summed E-state index contributed by atoms with van der Waals surface area (Å²) in [6, 6.07) is 8.28. The molecule has 0 aromatic heterocycles. The van der Waals surface area contributed by atoms with Gasteiger partial charge in [-0.3, -0.25) is 0 Å². The van der Waals surface area contributed by atoms with Gasteiger partial charge in [0.15, 0.2) is 0 Å². The van der Waals surface area contributed by atoms with Crippen molar-refractivity contribution in [2.75, 3.05) is 0 Å². The molecule has 0 radical (unpaired) electrons. The van der Waals surface area contributed by atoms with Crippen LogP contribution in [-0.4, -0.2) is 10.7 Å². The van der Waals surface area contributed by atoms with Gasteiger partial charge in [-0.1, -0.05) is 41.9 Å². The van der Waals surface area contributed by atoms with Gasteiger partial charge in [0, 0.05) is 10.9 Å². The van der Waals surface area contributed by atoms with Crippen LogP contribution in [0.4, 0.5) is 0 Å². The maximum Gasteiger partial charge on any atom is 0.0693 e. The lowest BCUT2D eigenvalue weighted by Gasteiger charge is -2.39. The van der Waals surface area contributed by atoms with Crippen LogP contribution in [0.15, 0.2) is 28.7 Å². The highest BCUT2D eigenvalue weighted by molar-refractivity contribution is 9.10. The summed E-state index contributed by atoms with van der Waals surface area (Å²) < 4.78 is 1.09.